The smallest absolute Gasteiger partial charge is 0.180 e. The van der Waals surface area contributed by atoms with Crippen molar-refractivity contribution in [2.24, 2.45) is 5.92 Å². The van der Waals surface area contributed by atoms with Gasteiger partial charge in [0.05, 0.1) is 12.2 Å². The number of unbranched alkanes of at least 4 members (excludes halogenated alkanes) is 2. The minimum atomic E-state index is -0.939. The molecule has 0 rings (SSSR count). The Kier molecular flexibility index (Phi) is 29.7. The molecule has 0 aromatic carbocycles. The van der Waals surface area contributed by atoms with Crippen LogP contribution in [-0.2, 0) is 18.9 Å². The fraction of sp³-hybridized carbons (Fsp3) is 0.846. The van der Waals surface area contributed by atoms with Crippen LogP contribution in [0.3, 0.4) is 0 Å². The minimum Gasteiger partial charge on any atom is -0.400 e. The van der Waals surface area contributed by atoms with E-state index in [1.165, 1.54) is 31.9 Å². The van der Waals surface area contributed by atoms with Crippen LogP contribution in [-0.4, -0.2) is 70.4 Å². The van der Waals surface area contributed by atoms with Crippen molar-refractivity contribution in [1.82, 2.24) is 0 Å². The van der Waals surface area contributed by atoms with Crippen molar-refractivity contribution in [3.05, 3.63) is 23.8 Å². The lowest BCUT2D eigenvalue weighted by Crippen LogP contribution is -2.33. The third-order valence-electron chi connectivity index (χ3n) is 5.38. The molecule has 0 aliphatic heterocycles. The summed E-state index contributed by atoms with van der Waals surface area (Å²) in [6, 6.07) is 0. The predicted octanol–water partition coefficient (Wildman–Crippen LogP) is 5.52. The zero-order valence-corrected chi connectivity index (χ0v) is 22.6. The Morgan fingerprint density at radius 1 is 0.906 bits per heavy atom. The van der Waals surface area contributed by atoms with E-state index in [-0.39, 0.29) is 6.10 Å². The van der Waals surface area contributed by atoms with Crippen molar-refractivity contribution in [3.8, 4) is 0 Å². The molecule has 0 bridgehead atoms. The monoisotopic (exact) mass is 462 g/mol. The lowest BCUT2D eigenvalue weighted by Gasteiger charge is -2.24. The molecule has 0 heterocycles. The average Bonchev–Trinajstić information content (AvgIpc) is 2.83. The highest BCUT2D eigenvalue weighted by molar-refractivity contribution is 5.11. The van der Waals surface area contributed by atoms with Gasteiger partial charge in [-0.05, 0) is 44.9 Å². The second-order valence-corrected chi connectivity index (χ2v) is 7.58. The summed E-state index contributed by atoms with van der Waals surface area (Å²) < 4.78 is 21.3. The number of hydrogen-bond acceptors (Lipinski definition) is 6. The number of aliphatic hydroxyl groups excluding tert-OH is 2. The van der Waals surface area contributed by atoms with Gasteiger partial charge in [0.2, 0.25) is 0 Å². The summed E-state index contributed by atoms with van der Waals surface area (Å²) in [5, 5.41) is 16.8. The van der Waals surface area contributed by atoms with Gasteiger partial charge >= 0.3 is 0 Å². The van der Waals surface area contributed by atoms with Gasteiger partial charge < -0.3 is 29.2 Å². The number of hydrogen-bond donors (Lipinski definition) is 2. The van der Waals surface area contributed by atoms with Gasteiger partial charge in [-0.2, -0.15) is 0 Å². The third kappa shape index (κ3) is 18.8. The van der Waals surface area contributed by atoms with Gasteiger partial charge in [0.15, 0.2) is 6.29 Å². The van der Waals surface area contributed by atoms with Crippen LogP contribution in [0.1, 0.15) is 79.6 Å². The molecule has 32 heavy (non-hydrogen) atoms. The highest BCUT2D eigenvalue weighted by atomic mass is 16.6. The summed E-state index contributed by atoms with van der Waals surface area (Å²) in [5.41, 5.74) is 1.24. The minimum absolute atomic E-state index is 0.0202. The SMILES string of the molecule is CC.CCC(OC)C(C)CCCC/C=C/C=C(\C)CC(CC(OC)C(O)OC)OC.CO. The van der Waals surface area contributed by atoms with E-state index < -0.39 is 12.4 Å². The van der Waals surface area contributed by atoms with E-state index in [0.717, 1.165) is 26.4 Å². The molecule has 0 spiro atoms. The molecule has 0 aliphatic carbocycles. The molecule has 0 fully saturated rings. The number of methoxy groups -OCH3 is 4. The van der Waals surface area contributed by atoms with Gasteiger partial charge in [-0.25, -0.2) is 0 Å². The number of ether oxygens (including phenoxy) is 4. The first-order chi connectivity index (χ1) is 15.4. The van der Waals surface area contributed by atoms with Crippen LogP contribution in [0.15, 0.2) is 23.8 Å². The topological polar surface area (TPSA) is 77.4 Å². The van der Waals surface area contributed by atoms with Crippen molar-refractivity contribution in [2.75, 3.05) is 35.5 Å². The second-order valence-electron chi connectivity index (χ2n) is 7.58. The molecule has 5 atom stereocenters. The summed E-state index contributed by atoms with van der Waals surface area (Å²) >= 11 is 0. The van der Waals surface area contributed by atoms with Crippen LogP contribution in [0.5, 0.6) is 0 Å². The molecular weight excluding hydrogens is 408 g/mol. The fourth-order valence-electron chi connectivity index (χ4n) is 3.47. The van der Waals surface area contributed by atoms with Crippen LogP contribution in [0.25, 0.3) is 0 Å². The van der Waals surface area contributed by atoms with Gasteiger partial charge in [-0.1, -0.05) is 57.9 Å². The summed E-state index contributed by atoms with van der Waals surface area (Å²) in [6.07, 6.45) is 12.8. The quantitative estimate of drug-likeness (QED) is 0.168. The van der Waals surface area contributed by atoms with Gasteiger partial charge in [-0.3, -0.25) is 0 Å². The fourth-order valence-corrected chi connectivity index (χ4v) is 3.47. The first-order valence-electron chi connectivity index (χ1n) is 12.0. The Labute approximate surface area is 199 Å². The first kappa shape index (κ1) is 35.8. The van der Waals surface area contributed by atoms with Crippen LogP contribution in [0.4, 0.5) is 0 Å². The summed E-state index contributed by atoms with van der Waals surface area (Å²) in [6.45, 7) is 10.6. The van der Waals surface area contributed by atoms with Crippen LogP contribution < -0.4 is 0 Å². The van der Waals surface area contributed by atoms with Crippen LogP contribution in [0, 0.1) is 5.92 Å². The standard InChI is InChI=1S/C23H44O5.C2H6.CH4O/c1-8-21(26-5)19(3)15-13-11-9-10-12-14-18(2)16-20(25-4)17-22(27-6)23(24)28-7;2*1-2/h10,12,14,19-24H,8-9,11,13,15-17H2,1-7H3;1-2H3;2H,1H3/b12-10+,18-14+;;. The van der Waals surface area contributed by atoms with Gasteiger partial charge in [0, 0.05) is 42.0 Å². The average molecular weight is 463 g/mol. The lowest BCUT2D eigenvalue weighted by molar-refractivity contribution is -0.164. The lowest BCUT2D eigenvalue weighted by atomic mass is 9.95. The van der Waals surface area contributed by atoms with E-state index >= 15 is 0 Å². The normalized spacial score (nSPS) is 16.3. The molecule has 0 saturated heterocycles. The Morgan fingerprint density at radius 2 is 1.50 bits per heavy atom. The Morgan fingerprint density at radius 3 is 1.97 bits per heavy atom. The van der Waals surface area contributed by atoms with Crippen molar-refractivity contribution in [2.45, 2.75) is 104 Å². The molecule has 0 radical (unpaired) electrons. The second kappa shape index (κ2) is 26.5. The first-order valence-corrected chi connectivity index (χ1v) is 12.0. The molecule has 0 amide bonds. The van der Waals surface area contributed by atoms with Crippen molar-refractivity contribution in [1.29, 1.82) is 0 Å². The molecule has 5 unspecified atom stereocenters. The van der Waals surface area contributed by atoms with Crippen LogP contribution in [0.2, 0.25) is 0 Å². The highest BCUT2D eigenvalue weighted by Gasteiger charge is 2.23. The maximum absolute atomic E-state index is 9.80. The van der Waals surface area contributed by atoms with Gasteiger partial charge in [-0.15, -0.1) is 0 Å². The van der Waals surface area contributed by atoms with Crippen molar-refractivity contribution < 1.29 is 29.2 Å². The third-order valence-corrected chi connectivity index (χ3v) is 5.38. The molecule has 0 aromatic rings. The summed E-state index contributed by atoms with van der Waals surface area (Å²) in [7, 11) is 7.54. The van der Waals surface area contributed by atoms with Crippen LogP contribution >= 0.6 is 0 Å². The predicted molar refractivity (Wildman–Crippen MR) is 135 cm³/mol. The molecule has 2 N–H and O–H groups in total. The highest BCUT2D eigenvalue weighted by Crippen LogP contribution is 2.19. The molecule has 6 heteroatoms. The molecule has 194 valence electrons. The number of rotatable bonds is 17. The van der Waals surface area contributed by atoms with Crippen molar-refractivity contribution >= 4 is 0 Å². The maximum atomic E-state index is 9.80. The largest absolute Gasteiger partial charge is 0.400 e. The van der Waals surface area contributed by atoms with E-state index in [9.17, 15) is 5.11 Å². The number of aliphatic hydroxyl groups is 2. The Hall–Kier alpha value is -0.760. The zero-order chi connectivity index (χ0) is 25.4. The Bertz CT molecular complexity index is 421. The van der Waals surface area contributed by atoms with E-state index in [1.54, 1.807) is 14.2 Å². The summed E-state index contributed by atoms with van der Waals surface area (Å²) in [4.78, 5) is 0. The summed E-state index contributed by atoms with van der Waals surface area (Å²) in [5.74, 6) is 0.625. The van der Waals surface area contributed by atoms with Crippen molar-refractivity contribution in [3.63, 3.8) is 0 Å². The van der Waals surface area contributed by atoms with E-state index in [4.69, 9.17) is 24.1 Å². The maximum Gasteiger partial charge on any atom is 0.180 e. The van der Waals surface area contributed by atoms with Gasteiger partial charge in [0.1, 0.15) is 6.10 Å². The van der Waals surface area contributed by atoms with E-state index in [2.05, 4.69) is 39.0 Å². The van der Waals surface area contributed by atoms with E-state index in [1.807, 2.05) is 21.0 Å². The molecule has 0 aliphatic rings. The Balaban J connectivity index is -0.00000198. The molecular formula is C26H54O6. The molecule has 0 aromatic heterocycles. The number of allylic oxidation sites excluding steroid dienone is 3. The zero-order valence-electron chi connectivity index (χ0n) is 22.6. The van der Waals surface area contributed by atoms with Gasteiger partial charge in [0.25, 0.3) is 0 Å². The van der Waals surface area contributed by atoms with E-state index in [0.29, 0.717) is 18.4 Å². The molecule has 0 saturated carbocycles. The molecule has 6 nitrogen and oxygen atoms in total.